The molecule has 0 amide bonds. The van der Waals surface area contributed by atoms with Gasteiger partial charge in [0.2, 0.25) is 0 Å². The fourth-order valence-corrected chi connectivity index (χ4v) is 5.21. The van der Waals surface area contributed by atoms with Gasteiger partial charge in [-0.2, -0.15) is 0 Å². The van der Waals surface area contributed by atoms with Crippen LogP contribution in [0.4, 0.5) is 0 Å². The molecular weight excluding hydrogens is 592 g/mol. The molecule has 0 bridgehead atoms. The van der Waals surface area contributed by atoms with Gasteiger partial charge in [0.25, 0.3) is 0 Å². The van der Waals surface area contributed by atoms with Gasteiger partial charge in [0, 0.05) is 14.4 Å². The molecule has 0 fully saturated rings. The normalized spacial score (nSPS) is 11.6. The molecule has 3 aromatic rings. The lowest BCUT2D eigenvalue weighted by Crippen LogP contribution is -2.26. The van der Waals surface area contributed by atoms with E-state index in [2.05, 4.69) is 76.7 Å². The number of benzene rings is 3. The second-order valence-corrected chi connectivity index (χ2v) is 9.56. The molecule has 0 spiro atoms. The standard InChI is InChI=1S/C20H14Br4O2/c1-20(11-2-6-18(25)16(23)8-11,12-3-7-19(26)17(24)9-12)14-5-4-13(21)10-15(14)22/h2-10,25-26H,1H3. The van der Waals surface area contributed by atoms with Crippen molar-refractivity contribution in [1.82, 2.24) is 0 Å². The Balaban J connectivity index is 2.33. The highest BCUT2D eigenvalue weighted by Gasteiger charge is 2.34. The van der Waals surface area contributed by atoms with E-state index in [1.165, 1.54) is 0 Å². The molecule has 0 atom stereocenters. The number of phenolic OH excluding ortho intramolecular Hbond substituents is 2. The van der Waals surface area contributed by atoms with Gasteiger partial charge in [-0.1, -0.05) is 50.1 Å². The minimum Gasteiger partial charge on any atom is -0.507 e. The van der Waals surface area contributed by atoms with Crippen LogP contribution in [-0.4, -0.2) is 10.2 Å². The lowest BCUT2D eigenvalue weighted by molar-refractivity contribution is 0.471. The highest BCUT2D eigenvalue weighted by Crippen LogP contribution is 2.45. The van der Waals surface area contributed by atoms with Crippen LogP contribution in [0, 0.1) is 0 Å². The Morgan fingerprint density at radius 2 is 1.15 bits per heavy atom. The van der Waals surface area contributed by atoms with Gasteiger partial charge in [0.05, 0.1) is 8.95 Å². The third-order valence-electron chi connectivity index (χ3n) is 4.52. The van der Waals surface area contributed by atoms with Crippen molar-refractivity contribution in [3.8, 4) is 11.5 Å². The summed E-state index contributed by atoms with van der Waals surface area (Å²) in [5.74, 6) is 0.385. The third kappa shape index (κ3) is 3.61. The van der Waals surface area contributed by atoms with Crippen molar-refractivity contribution in [2.75, 3.05) is 0 Å². The molecule has 0 aliphatic heterocycles. The molecule has 0 aromatic heterocycles. The highest BCUT2D eigenvalue weighted by atomic mass is 79.9. The van der Waals surface area contributed by atoms with E-state index in [4.69, 9.17) is 0 Å². The fourth-order valence-electron chi connectivity index (χ4n) is 3.01. The lowest BCUT2D eigenvalue weighted by Gasteiger charge is -2.33. The zero-order valence-corrected chi connectivity index (χ0v) is 19.9. The number of hydrogen-bond donors (Lipinski definition) is 2. The van der Waals surface area contributed by atoms with E-state index in [9.17, 15) is 10.2 Å². The molecule has 0 heterocycles. The van der Waals surface area contributed by atoms with E-state index in [0.29, 0.717) is 8.95 Å². The van der Waals surface area contributed by atoms with Crippen molar-refractivity contribution in [2.45, 2.75) is 12.3 Å². The van der Waals surface area contributed by atoms with Gasteiger partial charge in [0.1, 0.15) is 11.5 Å². The summed E-state index contributed by atoms with van der Waals surface area (Å²) in [5.41, 5.74) is 2.55. The Morgan fingerprint density at radius 3 is 1.58 bits per heavy atom. The number of phenols is 2. The molecule has 0 saturated heterocycles. The van der Waals surface area contributed by atoms with Crippen LogP contribution >= 0.6 is 63.7 Å². The van der Waals surface area contributed by atoms with Crippen LogP contribution < -0.4 is 0 Å². The van der Waals surface area contributed by atoms with Gasteiger partial charge in [-0.15, -0.1) is 0 Å². The average Bonchev–Trinajstić information content (AvgIpc) is 2.59. The monoisotopic (exact) mass is 602 g/mol. The molecule has 134 valence electrons. The first-order chi connectivity index (χ1) is 12.2. The lowest BCUT2D eigenvalue weighted by atomic mass is 9.71. The molecule has 0 saturated carbocycles. The molecule has 3 rings (SSSR count). The van der Waals surface area contributed by atoms with Crippen molar-refractivity contribution >= 4 is 63.7 Å². The first-order valence-corrected chi connectivity index (χ1v) is 10.8. The first-order valence-electron chi connectivity index (χ1n) is 7.67. The fraction of sp³-hybridized carbons (Fsp3) is 0.100. The number of hydrogen-bond acceptors (Lipinski definition) is 2. The van der Waals surface area contributed by atoms with Crippen LogP contribution in [0.15, 0.2) is 72.5 Å². The predicted molar refractivity (Wildman–Crippen MR) is 119 cm³/mol. The third-order valence-corrected chi connectivity index (χ3v) is 6.94. The summed E-state index contributed by atoms with van der Waals surface area (Å²) in [4.78, 5) is 0. The van der Waals surface area contributed by atoms with Gasteiger partial charge in [-0.3, -0.25) is 0 Å². The Bertz CT molecular complexity index is 934. The minimum atomic E-state index is -0.522. The number of aromatic hydroxyl groups is 2. The maximum atomic E-state index is 9.92. The van der Waals surface area contributed by atoms with Crippen LogP contribution in [0.25, 0.3) is 0 Å². The van der Waals surface area contributed by atoms with Gasteiger partial charge in [-0.25, -0.2) is 0 Å². The molecule has 0 radical (unpaired) electrons. The maximum absolute atomic E-state index is 9.92. The predicted octanol–water partition coefficient (Wildman–Crippen LogP) is 7.50. The molecule has 2 N–H and O–H groups in total. The Labute approximate surface area is 185 Å². The van der Waals surface area contributed by atoms with Crippen LogP contribution in [0.1, 0.15) is 23.6 Å². The van der Waals surface area contributed by atoms with Crippen molar-refractivity contribution in [1.29, 1.82) is 0 Å². The summed E-state index contributed by atoms with van der Waals surface area (Å²) < 4.78 is 3.21. The van der Waals surface area contributed by atoms with Crippen molar-refractivity contribution in [2.24, 2.45) is 0 Å². The number of halogens is 4. The highest BCUT2D eigenvalue weighted by molar-refractivity contribution is 9.11. The molecule has 26 heavy (non-hydrogen) atoms. The average molecular weight is 606 g/mol. The van der Waals surface area contributed by atoms with Crippen molar-refractivity contribution < 1.29 is 10.2 Å². The Morgan fingerprint density at radius 1 is 0.654 bits per heavy atom. The van der Waals surface area contributed by atoms with Gasteiger partial charge < -0.3 is 10.2 Å². The molecule has 3 aromatic carbocycles. The quantitative estimate of drug-likeness (QED) is 0.304. The Hall–Kier alpha value is -0.820. The SMILES string of the molecule is CC(c1ccc(O)c(Br)c1)(c1ccc(O)c(Br)c1)c1ccc(Br)cc1Br. The topological polar surface area (TPSA) is 40.5 Å². The molecule has 0 aliphatic rings. The molecule has 2 nitrogen and oxygen atoms in total. The van der Waals surface area contributed by atoms with Crippen molar-refractivity contribution in [3.05, 3.63) is 89.2 Å². The van der Waals surface area contributed by atoms with E-state index in [1.54, 1.807) is 12.1 Å². The second-order valence-electron chi connectivity index (χ2n) is 6.08. The van der Waals surface area contributed by atoms with Crippen molar-refractivity contribution in [3.63, 3.8) is 0 Å². The summed E-state index contributed by atoms with van der Waals surface area (Å²) in [6.45, 7) is 2.12. The summed E-state index contributed by atoms with van der Waals surface area (Å²) in [5, 5.41) is 19.8. The van der Waals surface area contributed by atoms with Gasteiger partial charge in [-0.05, 0) is 91.9 Å². The smallest absolute Gasteiger partial charge is 0.129 e. The Kier molecular flexibility index (Phi) is 5.87. The zero-order valence-electron chi connectivity index (χ0n) is 13.6. The van der Waals surface area contributed by atoms with Crippen LogP contribution in [0.5, 0.6) is 11.5 Å². The molecule has 0 unspecified atom stereocenters. The van der Waals surface area contributed by atoms with E-state index in [0.717, 1.165) is 25.6 Å². The van der Waals surface area contributed by atoms with E-state index in [1.807, 2.05) is 36.4 Å². The van der Waals surface area contributed by atoms with Crippen LogP contribution in [0.2, 0.25) is 0 Å². The summed E-state index contributed by atoms with van der Waals surface area (Å²) >= 11 is 14.0. The summed E-state index contributed by atoms with van der Waals surface area (Å²) in [6, 6.07) is 17.1. The van der Waals surface area contributed by atoms with E-state index >= 15 is 0 Å². The molecule has 0 aliphatic carbocycles. The first kappa shape index (κ1) is 19.9. The molecular formula is C20H14Br4O2. The van der Waals surface area contributed by atoms with Crippen LogP contribution in [0.3, 0.4) is 0 Å². The maximum Gasteiger partial charge on any atom is 0.129 e. The summed E-state index contributed by atoms with van der Waals surface area (Å²) in [6.07, 6.45) is 0. The number of rotatable bonds is 3. The largest absolute Gasteiger partial charge is 0.507 e. The minimum absolute atomic E-state index is 0.192. The van der Waals surface area contributed by atoms with Gasteiger partial charge in [0.15, 0.2) is 0 Å². The van der Waals surface area contributed by atoms with Gasteiger partial charge >= 0.3 is 0 Å². The second kappa shape index (κ2) is 7.66. The van der Waals surface area contributed by atoms with Crippen LogP contribution in [-0.2, 0) is 5.41 Å². The van der Waals surface area contributed by atoms with E-state index < -0.39 is 5.41 Å². The zero-order chi connectivity index (χ0) is 19.1. The summed E-state index contributed by atoms with van der Waals surface area (Å²) in [7, 11) is 0. The molecule has 6 heteroatoms. The van der Waals surface area contributed by atoms with E-state index in [-0.39, 0.29) is 11.5 Å².